The number of benzene rings is 1. The maximum absolute atomic E-state index is 4.54. The van der Waals surface area contributed by atoms with Crippen LogP contribution >= 0.6 is 0 Å². The van der Waals surface area contributed by atoms with Gasteiger partial charge in [-0.3, -0.25) is 4.90 Å². The van der Waals surface area contributed by atoms with Crippen molar-refractivity contribution in [3.63, 3.8) is 0 Å². The van der Waals surface area contributed by atoms with Crippen molar-refractivity contribution in [2.24, 2.45) is 0 Å². The predicted octanol–water partition coefficient (Wildman–Crippen LogP) is 1.70. The fourth-order valence-electron chi connectivity index (χ4n) is 3.56. The van der Waals surface area contributed by atoms with Gasteiger partial charge in [-0.25, -0.2) is 9.97 Å². The lowest BCUT2D eigenvalue weighted by atomic mass is 10.2. The molecule has 0 spiro atoms. The van der Waals surface area contributed by atoms with Crippen molar-refractivity contribution in [3.05, 3.63) is 54.4 Å². The van der Waals surface area contributed by atoms with Crippen LogP contribution in [0.4, 0.5) is 5.69 Å². The summed E-state index contributed by atoms with van der Waals surface area (Å²) in [6.07, 6.45) is 3.46. The molecular formula is C19H20N8. The molecule has 0 bridgehead atoms. The van der Waals surface area contributed by atoms with E-state index in [4.69, 9.17) is 0 Å². The number of rotatable bonds is 3. The van der Waals surface area contributed by atoms with E-state index < -0.39 is 0 Å². The van der Waals surface area contributed by atoms with E-state index in [1.54, 1.807) is 6.33 Å². The number of aryl methyl sites for hydroxylation is 1. The quantitative estimate of drug-likeness (QED) is 0.550. The van der Waals surface area contributed by atoms with Crippen molar-refractivity contribution in [1.29, 1.82) is 0 Å². The van der Waals surface area contributed by atoms with Crippen LogP contribution in [0.1, 0.15) is 11.5 Å². The number of fused-ring (bicyclic) bond motifs is 2. The molecule has 1 aliphatic heterocycles. The van der Waals surface area contributed by atoms with Crippen LogP contribution in [-0.4, -0.2) is 60.9 Å². The number of hydrogen-bond acceptors (Lipinski definition) is 7. The Morgan fingerprint density at radius 1 is 1.00 bits per heavy atom. The fraction of sp³-hybridized carbons (Fsp3) is 0.316. The van der Waals surface area contributed by atoms with Crippen LogP contribution in [0, 0.1) is 6.92 Å². The smallest absolute Gasteiger partial charge is 0.177 e. The molecule has 0 unspecified atom stereocenters. The summed E-state index contributed by atoms with van der Waals surface area (Å²) in [7, 11) is 0. The molecule has 1 aromatic carbocycles. The zero-order valence-corrected chi connectivity index (χ0v) is 15.2. The zero-order valence-electron chi connectivity index (χ0n) is 15.2. The minimum atomic E-state index is 0.761. The highest BCUT2D eigenvalue weighted by atomic mass is 15.4. The Morgan fingerprint density at radius 2 is 1.89 bits per heavy atom. The molecular weight excluding hydrogens is 340 g/mol. The molecule has 0 saturated carbocycles. The van der Waals surface area contributed by atoms with Crippen LogP contribution in [0.15, 0.2) is 42.9 Å². The first-order chi connectivity index (χ1) is 13.3. The molecule has 27 heavy (non-hydrogen) atoms. The second-order valence-electron chi connectivity index (χ2n) is 6.89. The summed E-state index contributed by atoms with van der Waals surface area (Å²) in [6, 6.07) is 10.3. The molecule has 8 nitrogen and oxygen atoms in total. The molecule has 8 heteroatoms. The van der Waals surface area contributed by atoms with Crippen molar-refractivity contribution in [1.82, 2.24) is 34.7 Å². The molecule has 1 aliphatic rings. The van der Waals surface area contributed by atoms with Gasteiger partial charge in [0.1, 0.15) is 6.33 Å². The standard InChI is InChI=1S/C19H20N8/c1-14-2-5-18-22-23-19(27(18)24-14)12-25-6-8-26(9-7-25)16-3-4-17-15(10-16)11-20-13-21-17/h2-5,10-11,13H,6-9,12H2,1H3. The van der Waals surface area contributed by atoms with Crippen LogP contribution in [0.25, 0.3) is 16.6 Å². The van der Waals surface area contributed by atoms with E-state index in [0.29, 0.717) is 0 Å². The van der Waals surface area contributed by atoms with Crippen LogP contribution < -0.4 is 4.90 Å². The molecule has 0 radical (unpaired) electrons. The van der Waals surface area contributed by atoms with Gasteiger partial charge in [0.05, 0.1) is 17.8 Å². The fourth-order valence-corrected chi connectivity index (χ4v) is 3.56. The number of anilines is 1. The first kappa shape index (κ1) is 16.1. The van der Waals surface area contributed by atoms with Gasteiger partial charge in [-0.15, -0.1) is 10.2 Å². The largest absolute Gasteiger partial charge is 0.369 e. The van der Waals surface area contributed by atoms with Crippen LogP contribution in [-0.2, 0) is 6.54 Å². The Bertz CT molecular complexity index is 1100. The van der Waals surface area contributed by atoms with Gasteiger partial charge in [0.25, 0.3) is 0 Å². The Balaban J connectivity index is 1.28. The Kier molecular flexibility index (Phi) is 3.90. The average molecular weight is 360 g/mol. The normalized spacial score (nSPS) is 15.7. The first-order valence-electron chi connectivity index (χ1n) is 9.11. The molecule has 4 heterocycles. The van der Waals surface area contributed by atoms with Crippen molar-refractivity contribution in [2.45, 2.75) is 13.5 Å². The minimum absolute atomic E-state index is 0.761. The lowest BCUT2D eigenvalue weighted by molar-refractivity contribution is 0.242. The van der Waals surface area contributed by atoms with Gasteiger partial charge in [-0.2, -0.15) is 9.61 Å². The molecule has 3 aromatic heterocycles. The third kappa shape index (κ3) is 3.08. The third-order valence-electron chi connectivity index (χ3n) is 5.05. The summed E-state index contributed by atoms with van der Waals surface area (Å²) >= 11 is 0. The summed E-state index contributed by atoms with van der Waals surface area (Å²) < 4.78 is 1.85. The van der Waals surface area contributed by atoms with Crippen molar-refractivity contribution in [3.8, 4) is 0 Å². The highest BCUT2D eigenvalue weighted by Crippen LogP contribution is 2.22. The van der Waals surface area contributed by atoms with Gasteiger partial charge in [0.2, 0.25) is 0 Å². The second-order valence-corrected chi connectivity index (χ2v) is 6.89. The molecule has 1 saturated heterocycles. The van der Waals surface area contributed by atoms with Gasteiger partial charge >= 0.3 is 0 Å². The van der Waals surface area contributed by atoms with Crippen molar-refractivity contribution >= 4 is 22.2 Å². The van der Waals surface area contributed by atoms with Crippen molar-refractivity contribution < 1.29 is 0 Å². The highest BCUT2D eigenvalue weighted by molar-refractivity contribution is 5.81. The minimum Gasteiger partial charge on any atom is -0.369 e. The molecule has 1 fully saturated rings. The molecule has 0 aliphatic carbocycles. The van der Waals surface area contributed by atoms with Gasteiger partial charge in [-0.1, -0.05) is 0 Å². The first-order valence-corrected chi connectivity index (χ1v) is 9.11. The van der Waals surface area contributed by atoms with E-state index in [-0.39, 0.29) is 0 Å². The molecule has 0 N–H and O–H groups in total. The molecule has 0 atom stereocenters. The molecule has 136 valence electrons. The third-order valence-corrected chi connectivity index (χ3v) is 5.05. The molecule has 4 aromatic rings. The van der Waals surface area contributed by atoms with E-state index in [0.717, 1.165) is 60.8 Å². The second kappa shape index (κ2) is 6.55. The number of piperazine rings is 1. The van der Waals surface area contributed by atoms with E-state index in [9.17, 15) is 0 Å². The predicted molar refractivity (Wildman–Crippen MR) is 103 cm³/mol. The van der Waals surface area contributed by atoms with Crippen LogP contribution in [0.3, 0.4) is 0 Å². The van der Waals surface area contributed by atoms with Crippen molar-refractivity contribution in [2.75, 3.05) is 31.1 Å². The lowest BCUT2D eigenvalue weighted by Gasteiger charge is -2.35. The van der Waals surface area contributed by atoms with Gasteiger partial charge < -0.3 is 4.90 Å². The average Bonchev–Trinajstić information content (AvgIpc) is 3.10. The highest BCUT2D eigenvalue weighted by Gasteiger charge is 2.20. The Morgan fingerprint density at radius 3 is 2.78 bits per heavy atom. The topological polar surface area (TPSA) is 75.3 Å². The zero-order chi connectivity index (χ0) is 18.2. The monoisotopic (exact) mass is 360 g/mol. The summed E-state index contributed by atoms with van der Waals surface area (Å²) in [5, 5.41) is 14.2. The molecule has 0 amide bonds. The SMILES string of the molecule is Cc1ccc2nnc(CN3CCN(c4ccc5ncncc5c4)CC3)n2n1. The van der Waals surface area contributed by atoms with E-state index in [1.807, 2.05) is 29.8 Å². The van der Waals surface area contributed by atoms with E-state index in [1.165, 1.54) is 5.69 Å². The number of hydrogen-bond donors (Lipinski definition) is 0. The summed E-state index contributed by atoms with van der Waals surface area (Å²) in [6.45, 7) is 6.65. The summed E-state index contributed by atoms with van der Waals surface area (Å²) in [5.74, 6) is 0.894. The van der Waals surface area contributed by atoms with Gasteiger partial charge in [0.15, 0.2) is 11.5 Å². The maximum Gasteiger partial charge on any atom is 0.177 e. The summed E-state index contributed by atoms with van der Waals surface area (Å²) in [4.78, 5) is 13.2. The maximum atomic E-state index is 4.54. The van der Waals surface area contributed by atoms with Gasteiger partial charge in [0, 0.05) is 43.4 Å². The van der Waals surface area contributed by atoms with E-state index >= 15 is 0 Å². The van der Waals surface area contributed by atoms with E-state index in [2.05, 4.69) is 53.3 Å². The Labute approximate surface area is 156 Å². The lowest BCUT2D eigenvalue weighted by Crippen LogP contribution is -2.46. The van der Waals surface area contributed by atoms with Crippen LogP contribution in [0.5, 0.6) is 0 Å². The van der Waals surface area contributed by atoms with Crippen LogP contribution in [0.2, 0.25) is 0 Å². The number of nitrogens with zero attached hydrogens (tertiary/aromatic N) is 8. The van der Waals surface area contributed by atoms with Gasteiger partial charge in [-0.05, 0) is 37.3 Å². The Hall–Kier alpha value is -3.13. The summed E-state index contributed by atoms with van der Waals surface area (Å²) in [5.41, 5.74) is 3.97. The number of aromatic nitrogens is 6. The molecule has 5 rings (SSSR count).